The first-order chi connectivity index (χ1) is 14.7. The Morgan fingerprint density at radius 1 is 0.967 bits per heavy atom. The van der Waals surface area contributed by atoms with Crippen LogP contribution >= 0.6 is 11.8 Å². The molecule has 0 unspecified atom stereocenters. The van der Waals surface area contributed by atoms with Gasteiger partial charge >= 0.3 is 0 Å². The number of hydrogen-bond acceptors (Lipinski definition) is 4. The third-order valence-corrected chi connectivity index (χ3v) is 8.72. The Kier molecular flexibility index (Phi) is 8.14. The van der Waals surface area contributed by atoms with Gasteiger partial charge in [0.1, 0.15) is 0 Å². The lowest BCUT2D eigenvalue weighted by Gasteiger charge is -2.44. The SMILES string of the molecule is O=C(C1CCC2(CCNCC2)CC1)N1CCN(CCCCSc2ccccc2)CC1. The number of rotatable bonds is 7. The van der Waals surface area contributed by atoms with Gasteiger partial charge in [0.25, 0.3) is 0 Å². The van der Waals surface area contributed by atoms with Crippen molar-refractivity contribution in [1.29, 1.82) is 0 Å². The molecule has 3 fully saturated rings. The van der Waals surface area contributed by atoms with Gasteiger partial charge in [0, 0.05) is 37.0 Å². The molecule has 2 heterocycles. The van der Waals surface area contributed by atoms with Crippen LogP contribution in [-0.4, -0.2) is 67.3 Å². The molecule has 0 atom stereocenters. The quantitative estimate of drug-likeness (QED) is 0.519. The van der Waals surface area contributed by atoms with Gasteiger partial charge in [-0.05, 0) is 94.3 Å². The monoisotopic (exact) mass is 429 g/mol. The van der Waals surface area contributed by atoms with Crippen molar-refractivity contribution in [3.63, 3.8) is 0 Å². The number of piperidine rings is 1. The zero-order valence-electron chi connectivity index (χ0n) is 18.5. The highest BCUT2D eigenvalue weighted by Gasteiger charge is 2.39. The number of nitrogens with zero attached hydrogens (tertiary/aromatic N) is 2. The predicted molar refractivity (Wildman–Crippen MR) is 126 cm³/mol. The zero-order chi connectivity index (χ0) is 20.7. The largest absolute Gasteiger partial charge is 0.340 e. The lowest BCUT2D eigenvalue weighted by molar-refractivity contribution is -0.139. The normalized spacial score (nSPS) is 23.0. The van der Waals surface area contributed by atoms with E-state index in [1.165, 1.54) is 68.8 Å². The molecule has 0 aromatic heterocycles. The van der Waals surface area contributed by atoms with Crippen LogP contribution in [0.2, 0.25) is 0 Å². The molecule has 1 aliphatic carbocycles. The summed E-state index contributed by atoms with van der Waals surface area (Å²) in [5.41, 5.74) is 0.555. The molecule has 4 rings (SSSR count). The number of benzene rings is 1. The maximum atomic E-state index is 13.1. The second kappa shape index (κ2) is 11.0. The van der Waals surface area contributed by atoms with E-state index >= 15 is 0 Å². The zero-order valence-corrected chi connectivity index (χ0v) is 19.3. The second-order valence-electron chi connectivity index (χ2n) is 9.56. The van der Waals surface area contributed by atoms with E-state index in [9.17, 15) is 4.79 Å². The Bertz CT molecular complexity index is 644. The summed E-state index contributed by atoms with van der Waals surface area (Å²) in [4.78, 5) is 19.2. The van der Waals surface area contributed by atoms with Gasteiger partial charge in [-0.15, -0.1) is 11.8 Å². The average Bonchev–Trinajstić information content (AvgIpc) is 2.81. The molecule has 1 aromatic rings. The second-order valence-corrected chi connectivity index (χ2v) is 10.7. The smallest absolute Gasteiger partial charge is 0.225 e. The van der Waals surface area contributed by atoms with Crippen LogP contribution in [0, 0.1) is 11.3 Å². The number of carbonyl (C=O) groups excluding carboxylic acids is 1. The Morgan fingerprint density at radius 3 is 2.37 bits per heavy atom. The van der Waals surface area contributed by atoms with Crippen molar-refractivity contribution in [1.82, 2.24) is 15.1 Å². The summed E-state index contributed by atoms with van der Waals surface area (Å²) in [5, 5.41) is 3.49. The molecule has 2 saturated heterocycles. The number of carbonyl (C=O) groups is 1. The van der Waals surface area contributed by atoms with Crippen molar-refractivity contribution >= 4 is 17.7 Å². The van der Waals surface area contributed by atoms with Crippen molar-refractivity contribution in [2.75, 3.05) is 51.6 Å². The molecule has 1 saturated carbocycles. The molecule has 30 heavy (non-hydrogen) atoms. The van der Waals surface area contributed by atoms with Crippen LogP contribution in [0.4, 0.5) is 0 Å². The van der Waals surface area contributed by atoms with Gasteiger partial charge in [0.15, 0.2) is 0 Å². The van der Waals surface area contributed by atoms with Gasteiger partial charge in [0.05, 0.1) is 0 Å². The molecule has 4 nitrogen and oxygen atoms in total. The fourth-order valence-electron chi connectivity index (χ4n) is 5.53. The fraction of sp³-hybridized carbons (Fsp3) is 0.720. The van der Waals surface area contributed by atoms with Crippen molar-refractivity contribution in [2.45, 2.75) is 56.3 Å². The summed E-state index contributed by atoms with van der Waals surface area (Å²) in [6.45, 7) is 7.50. The van der Waals surface area contributed by atoms with Gasteiger partial charge in [-0.1, -0.05) is 18.2 Å². The molecular formula is C25H39N3OS. The van der Waals surface area contributed by atoms with E-state index in [1.807, 2.05) is 11.8 Å². The number of nitrogens with one attached hydrogen (secondary N) is 1. The molecule has 1 N–H and O–H groups in total. The maximum absolute atomic E-state index is 13.1. The van der Waals surface area contributed by atoms with E-state index in [4.69, 9.17) is 0 Å². The molecule has 3 aliphatic rings. The standard InChI is InChI=1S/C25H39N3OS/c29-24(22-8-10-25(11-9-22)12-14-26-15-13-25)28-19-17-27(18-20-28)16-4-5-21-30-23-6-2-1-3-7-23/h1-3,6-7,22,26H,4-5,8-21H2. The number of unbranched alkanes of at least 4 members (excludes halogenated alkanes) is 1. The van der Waals surface area contributed by atoms with Crippen molar-refractivity contribution in [3.8, 4) is 0 Å². The van der Waals surface area contributed by atoms with E-state index in [1.54, 1.807) is 0 Å². The van der Waals surface area contributed by atoms with Crippen LogP contribution in [-0.2, 0) is 4.79 Å². The van der Waals surface area contributed by atoms with Gasteiger partial charge in [-0.25, -0.2) is 0 Å². The van der Waals surface area contributed by atoms with Crippen LogP contribution in [0.25, 0.3) is 0 Å². The van der Waals surface area contributed by atoms with Crippen LogP contribution in [0.3, 0.4) is 0 Å². The first-order valence-electron chi connectivity index (χ1n) is 12.1. The van der Waals surface area contributed by atoms with E-state index in [2.05, 4.69) is 45.4 Å². The summed E-state index contributed by atoms with van der Waals surface area (Å²) in [7, 11) is 0. The summed E-state index contributed by atoms with van der Waals surface area (Å²) in [5.74, 6) is 1.95. The van der Waals surface area contributed by atoms with Gasteiger partial charge in [-0.2, -0.15) is 0 Å². The Labute approximate surface area is 187 Å². The van der Waals surface area contributed by atoms with E-state index in [-0.39, 0.29) is 0 Å². The highest BCUT2D eigenvalue weighted by Crippen LogP contribution is 2.45. The Morgan fingerprint density at radius 2 is 1.67 bits per heavy atom. The maximum Gasteiger partial charge on any atom is 0.225 e. The third-order valence-electron chi connectivity index (χ3n) is 7.62. The lowest BCUT2D eigenvalue weighted by Crippen LogP contribution is -2.51. The average molecular weight is 430 g/mol. The molecule has 1 amide bonds. The van der Waals surface area contributed by atoms with Crippen LogP contribution < -0.4 is 5.32 Å². The van der Waals surface area contributed by atoms with E-state index in [0.29, 0.717) is 17.2 Å². The Hall–Kier alpha value is -1.04. The van der Waals surface area contributed by atoms with Gasteiger partial charge < -0.3 is 10.2 Å². The van der Waals surface area contributed by atoms with Crippen molar-refractivity contribution in [3.05, 3.63) is 30.3 Å². The van der Waals surface area contributed by atoms with Crippen molar-refractivity contribution in [2.24, 2.45) is 11.3 Å². The number of amides is 1. The Balaban J connectivity index is 1.10. The molecule has 2 aliphatic heterocycles. The van der Waals surface area contributed by atoms with E-state index in [0.717, 1.165) is 39.0 Å². The first-order valence-corrected chi connectivity index (χ1v) is 13.1. The summed E-state index contributed by atoms with van der Waals surface area (Å²) in [6.07, 6.45) is 9.94. The molecule has 1 spiro atoms. The van der Waals surface area contributed by atoms with Crippen LogP contribution in [0.15, 0.2) is 35.2 Å². The minimum Gasteiger partial charge on any atom is -0.340 e. The number of thioether (sulfide) groups is 1. The predicted octanol–water partition coefficient (Wildman–Crippen LogP) is 4.26. The third kappa shape index (κ3) is 6.02. The topological polar surface area (TPSA) is 35.6 Å². The van der Waals surface area contributed by atoms with Crippen LogP contribution in [0.5, 0.6) is 0 Å². The first kappa shape index (κ1) is 22.2. The molecule has 166 valence electrons. The highest BCUT2D eigenvalue weighted by molar-refractivity contribution is 7.99. The molecule has 5 heteroatoms. The summed E-state index contributed by atoms with van der Waals surface area (Å²) in [6, 6.07) is 10.7. The molecule has 1 aromatic carbocycles. The summed E-state index contributed by atoms with van der Waals surface area (Å²) < 4.78 is 0. The number of hydrogen-bond donors (Lipinski definition) is 1. The fourth-order valence-corrected chi connectivity index (χ4v) is 6.46. The van der Waals surface area contributed by atoms with Gasteiger partial charge in [0.2, 0.25) is 5.91 Å². The minimum absolute atomic E-state index is 0.298. The number of piperazine rings is 1. The molecule has 0 bridgehead atoms. The van der Waals surface area contributed by atoms with Crippen LogP contribution in [0.1, 0.15) is 51.4 Å². The minimum atomic E-state index is 0.298. The molecule has 0 radical (unpaired) electrons. The van der Waals surface area contributed by atoms with Gasteiger partial charge in [-0.3, -0.25) is 9.69 Å². The molecular weight excluding hydrogens is 390 g/mol. The van der Waals surface area contributed by atoms with Crippen molar-refractivity contribution < 1.29 is 4.79 Å². The lowest BCUT2D eigenvalue weighted by atomic mass is 9.65. The van der Waals surface area contributed by atoms with E-state index < -0.39 is 0 Å². The summed E-state index contributed by atoms with van der Waals surface area (Å²) >= 11 is 1.96. The highest BCUT2D eigenvalue weighted by atomic mass is 32.2.